The number of benzene rings is 3. The van der Waals surface area contributed by atoms with Crippen molar-refractivity contribution in [2.75, 3.05) is 5.43 Å². The number of rotatable bonds is 4. The molecule has 3 aromatic carbocycles. The lowest BCUT2D eigenvalue weighted by Crippen LogP contribution is -2.22. The lowest BCUT2D eigenvalue weighted by Gasteiger charge is -2.12. The Morgan fingerprint density at radius 3 is 2.50 bits per heavy atom. The monoisotopic (exact) mass is 368 g/mol. The smallest absolute Gasteiger partial charge is 0.267 e. The molecule has 0 aliphatic heterocycles. The zero-order chi connectivity index (χ0) is 19.5. The normalized spacial score (nSPS) is 11.2. The quantitative estimate of drug-likeness (QED) is 0.428. The van der Waals surface area contributed by atoms with Crippen LogP contribution < -0.4 is 11.0 Å². The van der Waals surface area contributed by atoms with Gasteiger partial charge in [-0.05, 0) is 49.2 Å². The molecule has 5 heteroatoms. The summed E-state index contributed by atoms with van der Waals surface area (Å²) in [5.41, 5.74) is 7.53. The summed E-state index contributed by atoms with van der Waals surface area (Å²) in [6.45, 7) is 4.10. The maximum atomic E-state index is 13.1. The molecule has 5 nitrogen and oxygen atoms in total. The average Bonchev–Trinajstić information content (AvgIpc) is 2.70. The summed E-state index contributed by atoms with van der Waals surface area (Å²) in [5.74, 6) is 0.371. The fraction of sp³-hybridized carbons (Fsp3) is 0.0870. The predicted molar refractivity (Wildman–Crippen MR) is 114 cm³/mol. The number of para-hydroxylation sites is 2. The Labute approximate surface area is 163 Å². The Hall–Kier alpha value is -3.73. The van der Waals surface area contributed by atoms with E-state index in [9.17, 15) is 4.79 Å². The average molecular weight is 368 g/mol. The van der Waals surface area contributed by atoms with Crippen molar-refractivity contribution >= 4 is 23.1 Å². The first-order valence-electron chi connectivity index (χ1n) is 9.07. The lowest BCUT2D eigenvalue weighted by molar-refractivity contribution is 0.956. The van der Waals surface area contributed by atoms with Gasteiger partial charge in [0, 0.05) is 0 Å². The summed E-state index contributed by atoms with van der Waals surface area (Å²) < 4.78 is 1.54. The van der Waals surface area contributed by atoms with Crippen LogP contribution in [0.25, 0.3) is 16.6 Å². The first-order chi connectivity index (χ1) is 13.6. The van der Waals surface area contributed by atoms with Gasteiger partial charge in [0.25, 0.3) is 5.56 Å². The number of anilines is 1. The Morgan fingerprint density at radius 2 is 1.71 bits per heavy atom. The maximum Gasteiger partial charge on any atom is 0.267 e. The molecule has 0 spiro atoms. The standard InChI is InChI=1S/C23H20N4O/c1-16-12-13-18(17(2)14-16)15-24-26-23-25-21-11-7-6-10-20(21)22(28)27(23)19-8-4-3-5-9-19/h3-15H,1-2H3,(H,25,26)/b24-15-. The highest BCUT2D eigenvalue weighted by Gasteiger charge is 2.12. The van der Waals surface area contributed by atoms with E-state index in [1.807, 2.05) is 67.6 Å². The van der Waals surface area contributed by atoms with E-state index < -0.39 is 0 Å². The van der Waals surface area contributed by atoms with Crippen molar-refractivity contribution < 1.29 is 0 Å². The Balaban J connectivity index is 1.79. The van der Waals surface area contributed by atoms with Gasteiger partial charge in [-0.15, -0.1) is 0 Å². The second-order valence-electron chi connectivity index (χ2n) is 6.66. The summed E-state index contributed by atoms with van der Waals surface area (Å²) in [6, 6.07) is 22.9. The van der Waals surface area contributed by atoms with Crippen molar-refractivity contribution in [1.82, 2.24) is 9.55 Å². The molecule has 0 atom stereocenters. The zero-order valence-corrected chi connectivity index (χ0v) is 15.8. The molecule has 1 N–H and O–H groups in total. The topological polar surface area (TPSA) is 59.3 Å². The summed E-state index contributed by atoms with van der Waals surface area (Å²) in [5, 5.41) is 4.90. The highest BCUT2D eigenvalue weighted by Crippen LogP contribution is 2.16. The molecule has 0 bridgehead atoms. The molecule has 1 aromatic heterocycles. The van der Waals surface area contributed by atoms with Crippen LogP contribution in [-0.2, 0) is 0 Å². The van der Waals surface area contributed by atoms with Crippen molar-refractivity contribution in [2.45, 2.75) is 13.8 Å². The molecule has 28 heavy (non-hydrogen) atoms. The third-order valence-corrected chi connectivity index (χ3v) is 4.58. The number of hydrazone groups is 1. The van der Waals surface area contributed by atoms with Gasteiger partial charge in [0.2, 0.25) is 5.95 Å². The second kappa shape index (κ2) is 7.48. The molecule has 0 fully saturated rings. The Kier molecular flexibility index (Phi) is 4.72. The van der Waals surface area contributed by atoms with E-state index in [0.717, 1.165) is 16.8 Å². The fourth-order valence-electron chi connectivity index (χ4n) is 3.15. The Bertz CT molecular complexity index is 1230. The minimum absolute atomic E-state index is 0.138. The van der Waals surface area contributed by atoms with Crippen molar-refractivity contribution in [2.24, 2.45) is 5.10 Å². The lowest BCUT2D eigenvalue weighted by atomic mass is 10.1. The Morgan fingerprint density at radius 1 is 0.964 bits per heavy atom. The predicted octanol–water partition coefficient (Wildman–Crippen LogP) is 4.45. The van der Waals surface area contributed by atoms with Gasteiger partial charge in [-0.3, -0.25) is 4.79 Å². The number of aromatic nitrogens is 2. The fourth-order valence-corrected chi connectivity index (χ4v) is 3.15. The summed E-state index contributed by atoms with van der Waals surface area (Å²) in [6.07, 6.45) is 1.74. The number of aryl methyl sites for hydroxylation is 2. The van der Waals surface area contributed by atoms with Crippen molar-refractivity contribution in [1.29, 1.82) is 0 Å². The minimum Gasteiger partial charge on any atom is -0.268 e. The first-order valence-corrected chi connectivity index (χ1v) is 9.07. The van der Waals surface area contributed by atoms with Gasteiger partial charge in [0.1, 0.15) is 0 Å². The van der Waals surface area contributed by atoms with Crippen LogP contribution in [-0.4, -0.2) is 15.8 Å². The molecular weight excluding hydrogens is 348 g/mol. The van der Waals surface area contributed by atoms with E-state index in [2.05, 4.69) is 28.5 Å². The van der Waals surface area contributed by atoms with E-state index in [1.165, 1.54) is 5.56 Å². The van der Waals surface area contributed by atoms with Gasteiger partial charge in [0.15, 0.2) is 0 Å². The molecule has 1 heterocycles. The van der Waals surface area contributed by atoms with Crippen molar-refractivity contribution in [3.8, 4) is 5.69 Å². The molecule has 4 rings (SSSR count). The van der Waals surface area contributed by atoms with Crippen molar-refractivity contribution in [3.05, 3.63) is 99.8 Å². The number of nitrogens with one attached hydrogen (secondary N) is 1. The third kappa shape index (κ3) is 3.42. The summed E-state index contributed by atoms with van der Waals surface area (Å²) in [4.78, 5) is 17.7. The van der Waals surface area contributed by atoms with Crippen LogP contribution in [0.4, 0.5) is 5.95 Å². The molecule has 0 aliphatic rings. The van der Waals surface area contributed by atoms with Crippen LogP contribution in [0.1, 0.15) is 16.7 Å². The van der Waals surface area contributed by atoms with E-state index in [-0.39, 0.29) is 5.56 Å². The van der Waals surface area contributed by atoms with Gasteiger partial charge in [-0.25, -0.2) is 15.0 Å². The largest absolute Gasteiger partial charge is 0.268 e. The molecule has 0 saturated carbocycles. The summed E-state index contributed by atoms with van der Waals surface area (Å²) >= 11 is 0. The minimum atomic E-state index is -0.138. The molecule has 0 amide bonds. The van der Waals surface area contributed by atoms with Crippen LogP contribution >= 0.6 is 0 Å². The molecular formula is C23H20N4O. The van der Waals surface area contributed by atoms with Gasteiger partial charge < -0.3 is 0 Å². The van der Waals surface area contributed by atoms with Crippen molar-refractivity contribution in [3.63, 3.8) is 0 Å². The maximum absolute atomic E-state index is 13.1. The van der Waals surface area contributed by atoms with Gasteiger partial charge in [-0.2, -0.15) is 5.10 Å². The van der Waals surface area contributed by atoms with E-state index >= 15 is 0 Å². The van der Waals surface area contributed by atoms with Crippen LogP contribution in [0.2, 0.25) is 0 Å². The van der Waals surface area contributed by atoms with Crippen LogP contribution in [0, 0.1) is 13.8 Å². The van der Waals surface area contributed by atoms with Gasteiger partial charge >= 0.3 is 0 Å². The molecule has 4 aromatic rings. The van der Waals surface area contributed by atoms with E-state index in [0.29, 0.717) is 16.9 Å². The third-order valence-electron chi connectivity index (χ3n) is 4.58. The first kappa shape index (κ1) is 17.7. The second-order valence-corrected chi connectivity index (χ2v) is 6.66. The number of nitrogens with zero attached hydrogens (tertiary/aromatic N) is 3. The van der Waals surface area contributed by atoms with Crippen LogP contribution in [0.3, 0.4) is 0 Å². The van der Waals surface area contributed by atoms with Gasteiger partial charge in [-0.1, -0.05) is 54.1 Å². The molecule has 138 valence electrons. The number of fused-ring (bicyclic) bond motifs is 1. The molecule has 0 aliphatic carbocycles. The number of hydrogen-bond donors (Lipinski definition) is 1. The molecule has 0 saturated heterocycles. The highest BCUT2D eigenvalue weighted by molar-refractivity contribution is 5.83. The van der Waals surface area contributed by atoms with Crippen LogP contribution in [0.5, 0.6) is 0 Å². The highest BCUT2D eigenvalue weighted by atomic mass is 16.1. The zero-order valence-electron chi connectivity index (χ0n) is 15.8. The van der Waals surface area contributed by atoms with Crippen LogP contribution in [0.15, 0.2) is 82.7 Å². The SMILES string of the molecule is Cc1ccc(/C=N\Nc2nc3ccccc3c(=O)n2-c2ccccc2)c(C)c1. The number of hydrogen-bond acceptors (Lipinski definition) is 4. The molecule has 0 unspecified atom stereocenters. The van der Waals surface area contributed by atoms with E-state index in [4.69, 9.17) is 0 Å². The van der Waals surface area contributed by atoms with Gasteiger partial charge in [0.05, 0.1) is 22.8 Å². The van der Waals surface area contributed by atoms with E-state index in [1.54, 1.807) is 16.8 Å². The molecule has 0 radical (unpaired) electrons. The summed E-state index contributed by atoms with van der Waals surface area (Å²) in [7, 11) is 0.